The first-order valence-corrected chi connectivity index (χ1v) is 4.45. The van der Waals surface area contributed by atoms with Gasteiger partial charge in [-0.3, -0.25) is 4.79 Å². The molecule has 1 rings (SSSR count). The van der Waals surface area contributed by atoms with Gasteiger partial charge in [0.2, 0.25) is 5.91 Å². The highest BCUT2D eigenvalue weighted by Crippen LogP contribution is 2.03. The summed E-state index contributed by atoms with van der Waals surface area (Å²) in [4.78, 5) is 11.5. The third-order valence-corrected chi connectivity index (χ3v) is 1.84. The van der Waals surface area contributed by atoms with Gasteiger partial charge < -0.3 is 11.1 Å². The number of hydrogen-bond acceptors (Lipinski definition) is 4. The van der Waals surface area contributed by atoms with Gasteiger partial charge in [-0.1, -0.05) is 13.8 Å². The molecular formula is C9H14N4O. The van der Waals surface area contributed by atoms with Crippen molar-refractivity contribution in [3.8, 4) is 0 Å². The number of aromatic nitrogens is 2. The van der Waals surface area contributed by atoms with E-state index in [-0.39, 0.29) is 11.8 Å². The molecule has 0 aliphatic rings. The van der Waals surface area contributed by atoms with Crippen LogP contribution in [-0.4, -0.2) is 22.1 Å². The molecule has 14 heavy (non-hydrogen) atoms. The first kappa shape index (κ1) is 10.6. The molecule has 1 amide bonds. The lowest BCUT2D eigenvalue weighted by Crippen LogP contribution is -2.39. The number of nitrogens with two attached hydrogens (primary N) is 1. The number of nitrogens with zero attached hydrogens (tertiary/aromatic N) is 2. The van der Waals surface area contributed by atoms with Crippen molar-refractivity contribution in [3.05, 3.63) is 18.3 Å². The average molecular weight is 194 g/mol. The van der Waals surface area contributed by atoms with Crippen LogP contribution in [0.3, 0.4) is 0 Å². The molecule has 5 heteroatoms. The fraction of sp³-hybridized carbons (Fsp3) is 0.444. The third-order valence-electron chi connectivity index (χ3n) is 1.84. The van der Waals surface area contributed by atoms with E-state index in [4.69, 9.17) is 5.73 Å². The maximum Gasteiger partial charge on any atom is 0.242 e. The highest BCUT2D eigenvalue weighted by Gasteiger charge is 2.17. The predicted octanol–water partition coefficient (Wildman–Crippen LogP) is 0.398. The number of rotatable bonds is 3. The van der Waals surface area contributed by atoms with E-state index in [2.05, 4.69) is 15.5 Å². The number of carbonyl (C=O) groups excluding carboxylic acids is 1. The van der Waals surface area contributed by atoms with Crippen molar-refractivity contribution in [1.82, 2.24) is 10.2 Å². The minimum absolute atomic E-state index is 0.103. The van der Waals surface area contributed by atoms with Crippen LogP contribution in [0, 0.1) is 5.92 Å². The molecule has 1 aromatic heterocycles. The van der Waals surface area contributed by atoms with Crippen LogP contribution >= 0.6 is 0 Å². The summed E-state index contributed by atoms with van der Waals surface area (Å²) in [5.41, 5.74) is 5.65. The average Bonchev–Trinajstić information content (AvgIpc) is 2.18. The molecule has 5 nitrogen and oxygen atoms in total. The summed E-state index contributed by atoms with van der Waals surface area (Å²) in [7, 11) is 0. The maximum atomic E-state index is 11.5. The van der Waals surface area contributed by atoms with Gasteiger partial charge in [0.05, 0.1) is 6.04 Å². The molecule has 0 radical (unpaired) electrons. The SMILES string of the molecule is CC(C)[C@@H](N)C(=O)Nc1cccnn1. The summed E-state index contributed by atoms with van der Waals surface area (Å²) in [6.45, 7) is 3.78. The van der Waals surface area contributed by atoms with Crippen LogP contribution in [-0.2, 0) is 4.79 Å². The Morgan fingerprint density at radius 1 is 1.57 bits per heavy atom. The molecule has 0 aliphatic carbocycles. The highest BCUT2D eigenvalue weighted by atomic mass is 16.2. The van der Waals surface area contributed by atoms with Crippen LogP contribution in [0.2, 0.25) is 0 Å². The molecular weight excluding hydrogens is 180 g/mol. The Kier molecular flexibility index (Phi) is 3.53. The normalized spacial score (nSPS) is 12.6. The minimum atomic E-state index is -0.517. The Morgan fingerprint density at radius 2 is 2.29 bits per heavy atom. The molecule has 1 atom stereocenters. The van der Waals surface area contributed by atoms with Gasteiger partial charge in [0.1, 0.15) is 0 Å². The first-order chi connectivity index (χ1) is 6.61. The van der Waals surface area contributed by atoms with Crippen LogP contribution < -0.4 is 11.1 Å². The summed E-state index contributed by atoms with van der Waals surface area (Å²) in [5.74, 6) is 0.292. The largest absolute Gasteiger partial charge is 0.320 e. The van der Waals surface area contributed by atoms with Gasteiger partial charge in [0.15, 0.2) is 5.82 Å². The predicted molar refractivity (Wildman–Crippen MR) is 53.5 cm³/mol. The number of anilines is 1. The zero-order chi connectivity index (χ0) is 10.6. The van der Waals surface area contributed by atoms with Crippen LogP contribution in [0.1, 0.15) is 13.8 Å². The molecule has 0 saturated carbocycles. The molecule has 0 aliphatic heterocycles. The van der Waals surface area contributed by atoms with Crippen LogP contribution in [0.15, 0.2) is 18.3 Å². The van der Waals surface area contributed by atoms with E-state index in [0.717, 1.165) is 0 Å². The topological polar surface area (TPSA) is 80.9 Å². The smallest absolute Gasteiger partial charge is 0.242 e. The second kappa shape index (κ2) is 4.66. The summed E-state index contributed by atoms with van der Waals surface area (Å²) in [6, 6.07) is 2.85. The van der Waals surface area contributed by atoms with Crippen molar-refractivity contribution in [2.24, 2.45) is 11.7 Å². The summed E-state index contributed by atoms with van der Waals surface area (Å²) in [5, 5.41) is 9.94. The van der Waals surface area contributed by atoms with Crippen molar-refractivity contribution >= 4 is 11.7 Å². The Morgan fingerprint density at radius 3 is 2.79 bits per heavy atom. The maximum absolute atomic E-state index is 11.5. The van der Waals surface area contributed by atoms with Crippen molar-refractivity contribution in [1.29, 1.82) is 0 Å². The highest BCUT2D eigenvalue weighted by molar-refractivity contribution is 5.93. The van der Waals surface area contributed by atoms with Gasteiger partial charge in [-0.2, -0.15) is 5.10 Å². The molecule has 0 spiro atoms. The zero-order valence-electron chi connectivity index (χ0n) is 8.27. The van der Waals surface area contributed by atoms with E-state index >= 15 is 0 Å². The number of amides is 1. The lowest BCUT2D eigenvalue weighted by atomic mass is 10.1. The van der Waals surface area contributed by atoms with E-state index in [9.17, 15) is 4.79 Å². The summed E-state index contributed by atoms with van der Waals surface area (Å²) >= 11 is 0. The van der Waals surface area contributed by atoms with Gasteiger partial charge in [-0.15, -0.1) is 5.10 Å². The molecule has 1 aromatic rings. The molecule has 0 saturated heterocycles. The van der Waals surface area contributed by atoms with Gasteiger partial charge in [0, 0.05) is 6.20 Å². The van der Waals surface area contributed by atoms with Crippen LogP contribution in [0.4, 0.5) is 5.82 Å². The minimum Gasteiger partial charge on any atom is -0.320 e. The second-order valence-electron chi connectivity index (χ2n) is 3.37. The van der Waals surface area contributed by atoms with E-state index in [0.29, 0.717) is 5.82 Å². The van der Waals surface area contributed by atoms with Gasteiger partial charge in [-0.25, -0.2) is 0 Å². The molecule has 0 fully saturated rings. The van der Waals surface area contributed by atoms with Gasteiger partial charge >= 0.3 is 0 Å². The summed E-state index contributed by atoms with van der Waals surface area (Å²) < 4.78 is 0. The van der Waals surface area contributed by atoms with Crippen LogP contribution in [0.5, 0.6) is 0 Å². The van der Waals surface area contributed by atoms with E-state index in [1.54, 1.807) is 12.1 Å². The van der Waals surface area contributed by atoms with Crippen molar-refractivity contribution in [2.75, 3.05) is 5.32 Å². The number of nitrogens with one attached hydrogen (secondary N) is 1. The quantitative estimate of drug-likeness (QED) is 0.729. The standard InChI is InChI=1S/C9H14N4O/c1-6(2)8(10)9(14)12-7-4-3-5-11-13-7/h3-6,8H,10H2,1-2H3,(H,12,13,14)/t8-/m1/s1. The summed E-state index contributed by atoms with van der Waals surface area (Å²) in [6.07, 6.45) is 1.54. The number of hydrogen-bond donors (Lipinski definition) is 2. The number of carbonyl (C=O) groups is 1. The molecule has 0 bridgehead atoms. The third kappa shape index (κ3) is 2.77. The fourth-order valence-electron chi connectivity index (χ4n) is 0.881. The van der Waals surface area contributed by atoms with Gasteiger partial charge in [0.25, 0.3) is 0 Å². The van der Waals surface area contributed by atoms with Crippen molar-refractivity contribution in [3.63, 3.8) is 0 Å². The lowest BCUT2D eigenvalue weighted by Gasteiger charge is -2.14. The first-order valence-electron chi connectivity index (χ1n) is 4.45. The van der Waals surface area contributed by atoms with Gasteiger partial charge in [-0.05, 0) is 18.1 Å². The molecule has 0 unspecified atom stereocenters. The zero-order valence-corrected chi connectivity index (χ0v) is 8.27. The fourth-order valence-corrected chi connectivity index (χ4v) is 0.881. The van der Waals surface area contributed by atoms with Crippen molar-refractivity contribution < 1.29 is 4.79 Å². The Hall–Kier alpha value is -1.49. The molecule has 1 heterocycles. The Balaban J connectivity index is 2.58. The molecule has 3 N–H and O–H groups in total. The lowest BCUT2D eigenvalue weighted by molar-refractivity contribution is -0.118. The monoisotopic (exact) mass is 194 g/mol. The molecule has 0 aromatic carbocycles. The van der Waals surface area contributed by atoms with Crippen LogP contribution in [0.25, 0.3) is 0 Å². The second-order valence-corrected chi connectivity index (χ2v) is 3.37. The van der Waals surface area contributed by atoms with E-state index < -0.39 is 6.04 Å². The molecule has 76 valence electrons. The van der Waals surface area contributed by atoms with E-state index in [1.807, 2.05) is 13.8 Å². The Bertz CT molecular complexity index is 299. The Labute approximate surface area is 82.7 Å². The van der Waals surface area contributed by atoms with E-state index in [1.165, 1.54) is 6.20 Å². The van der Waals surface area contributed by atoms with Crippen molar-refractivity contribution in [2.45, 2.75) is 19.9 Å².